The summed E-state index contributed by atoms with van der Waals surface area (Å²) in [5.41, 5.74) is -1.03. The molecule has 12 heteroatoms. The quantitative estimate of drug-likeness (QED) is 0.419. The van der Waals surface area contributed by atoms with Gasteiger partial charge in [-0.15, -0.1) is 5.10 Å². The first-order valence-electron chi connectivity index (χ1n) is 9.47. The molecular weight excluding hydrogens is 481 g/mol. The highest BCUT2D eigenvalue weighted by molar-refractivity contribution is 7.91. The summed E-state index contributed by atoms with van der Waals surface area (Å²) in [6.45, 7) is 1.42. The Kier molecular flexibility index (Phi) is 5.71. The standard InChI is InChI=1S/C21H14ClF3N4O3S/c1-2-33(31,32)18-9-13(12-3-6-15(22)7-4-12)11-26-19(18)29-20(30)16-10-14(21(23,24)25)5-8-17(16)27-28-29/h3-11H,2H2,1H3. The molecule has 0 aliphatic rings. The van der Waals surface area contributed by atoms with Gasteiger partial charge < -0.3 is 0 Å². The van der Waals surface area contributed by atoms with E-state index in [0.29, 0.717) is 26.9 Å². The van der Waals surface area contributed by atoms with Crippen molar-refractivity contribution in [3.05, 3.63) is 75.7 Å². The van der Waals surface area contributed by atoms with Crippen LogP contribution in [0.25, 0.3) is 27.8 Å². The van der Waals surface area contributed by atoms with E-state index in [1.54, 1.807) is 24.3 Å². The van der Waals surface area contributed by atoms with Gasteiger partial charge in [-0.1, -0.05) is 35.9 Å². The molecule has 4 aromatic rings. The van der Waals surface area contributed by atoms with Gasteiger partial charge in [0.25, 0.3) is 5.56 Å². The van der Waals surface area contributed by atoms with Crippen LogP contribution in [0.4, 0.5) is 13.2 Å². The predicted octanol–water partition coefficient (Wildman–Crippen LogP) is 4.31. The molecule has 4 rings (SSSR count). The number of hydrogen-bond acceptors (Lipinski definition) is 6. The van der Waals surface area contributed by atoms with Crippen molar-refractivity contribution in [2.75, 3.05) is 5.75 Å². The maximum atomic E-state index is 13.1. The third-order valence-corrected chi connectivity index (χ3v) is 6.90. The van der Waals surface area contributed by atoms with Crippen molar-refractivity contribution in [3.8, 4) is 16.9 Å². The summed E-state index contributed by atoms with van der Waals surface area (Å²) in [5.74, 6) is -0.661. The number of rotatable bonds is 4. The molecule has 0 spiro atoms. The predicted molar refractivity (Wildman–Crippen MR) is 116 cm³/mol. The molecule has 33 heavy (non-hydrogen) atoms. The molecule has 0 aliphatic carbocycles. The van der Waals surface area contributed by atoms with Gasteiger partial charge in [-0.3, -0.25) is 4.79 Å². The molecule has 2 heterocycles. The third-order valence-electron chi connectivity index (χ3n) is 4.91. The highest BCUT2D eigenvalue weighted by Crippen LogP contribution is 2.31. The second-order valence-electron chi connectivity index (χ2n) is 6.99. The number of nitrogens with zero attached hydrogens (tertiary/aromatic N) is 4. The zero-order chi connectivity index (χ0) is 24.0. The average molecular weight is 495 g/mol. The maximum Gasteiger partial charge on any atom is 0.416 e. The first-order chi connectivity index (χ1) is 15.5. The van der Waals surface area contributed by atoms with Gasteiger partial charge >= 0.3 is 6.18 Å². The number of hydrogen-bond donors (Lipinski definition) is 0. The van der Waals surface area contributed by atoms with Gasteiger partial charge in [-0.25, -0.2) is 13.4 Å². The number of fused-ring (bicyclic) bond motifs is 1. The number of sulfone groups is 1. The lowest BCUT2D eigenvalue weighted by atomic mass is 10.1. The summed E-state index contributed by atoms with van der Waals surface area (Å²) in [7, 11) is -3.91. The summed E-state index contributed by atoms with van der Waals surface area (Å²) >= 11 is 5.90. The SMILES string of the molecule is CCS(=O)(=O)c1cc(-c2ccc(Cl)cc2)cnc1-n1nnc2ccc(C(F)(F)F)cc2c1=O. The first kappa shape index (κ1) is 22.9. The van der Waals surface area contributed by atoms with E-state index in [9.17, 15) is 26.4 Å². The highest BCUT2D eigenvalue weighted by Gasteiger charge is 2.31. The van der Waals surface area contributed by atoms with E-state index >= 15 is 0 Å². The van der Waals surface area contributed by atoms with Crippen LogP contribution in [0.3, 0.4) is 0 Å². The van der Waals surface area contributed by atoms with E-state index in [4.69, 9.17) is 11.6 Å². The van der Waals surface area contributed by atoms with Gasteiger partial charge in [0, 0.05) is 16.8 Å². The van der Waals surface area contributed by atoms with Crippen LogP contribution in [0.2, 0.25) is 5.02 Å². The van der Waals surface area contributed by atoms with Crippen LogP contribution in [0.15, 0.2) is 64.4 Å². The summed E-state index contributed by atoms with van der Waals surface area (Å²) in [5, 5.41) is 7.61. The van der Waals surface area contributed by atoms with Crippen molar-refractivity contribution >= 4 is 32.3 Å². The minimum absolute atomic E-state index is 0.0677. The number of pyridine rings is 1. The van der Waals surface area contributed by atoms with Crippen molar-refractivity contribution in [1.29, 1.82) is 0 Å². The Hall–Kier alpha value is -3.31. The first-order valence-corrected chi connectivity index (χ1v) is 11.5. The molecule has 0 atom stereocenters. The lowest BCUT2D eigenvalue weighted by Gasteiger charge is -2.12. The monoisotopic (exact) mass is 494 g/mol. The van der Waals surface area contributed by atoms with Crippen molar-refractivity contribution < 1.29 is 21.6 Å². The smallest absolute Gasteiger partial charge is 0.267 e. The molecule has 2 aromatic carbocycles. The largest absolute Gasteiger partial charge is 0.416 e. The van der Waals surface area contributed by atoms with E-state index in [1.807, 2.05) is 0 Å². The van der Waals surface area contributed by atoms with Crippen LogP contribution in [-0.2, 0) is 16.0 Å². The number of benzene rings is 2. The van der Waals surface area contributed by atoms with Crippen LogP contribution in [0.5, 0.6) is 0 Å². The lowest BCUT2D eigenvalue weighted by molar-refractivity contribution is -0.137. The molecule has 0 N–H and O–H groups in total. The number of aromatic nitrogens is 4. The van der Waals surface area contributed by atoms with Crippen molar-refractivity contribution in [2.45, 2.75) is 18.0 Å². The molecule has 2 aromatic heterocycles. The molecule has 170 valence electrons. The fourth-order valence-corrected chi connectivity index (χ4v) is 4.30. The second-order valence-corrected chi connectivity index (χ2v) is 9.68. The van der Waals surface area contributed by atoms with Gasteiger partial charge in [0.15, 0.2) is 15.7 Å². The van der Waals surface area contributed by atoms with E-state index in [-0.39, 0.29) is 27.4 Å². The van der Waals surface area contributed by atoms with E-state index in [0.717, 1.165) is 12.1 Å². The van der Waals surface area contributed by atoms with Crippen LogP contribution in [0.1, 0.15) is 12.5 Å². The van der Waals surface area contributed by atoms with E-state index in [2.05, 4.69) is 15.3 Å². The minimum atomic E-state index is -4.68. The lowest BCUT2D eigenvalue weighted by Crippen LogP contribution is -2.26. The Morgan fingerprint density at radius 2 is 1.73 bits per heavy atom. The zero-order valence-corrected chi connectivity index (χ0v) is 18.4. The van der Waals surface area contributed by atoms with Gasteiger partial charge in [0.1, 0.15) is 10.4 Å². The molecule has 7 nitrogen and oxygen atoms in total. The molecule has 0 radical (unpaired) electrons. The average Bonchev–Trinajstić information content (AvgIpc) is 2.79. The van der Waals surface area contributed by atoms with Gasteiger partial charge in [-0.2, -0.15) is 17.9 Å². The maximum absolute atomic E-state index is 13.1. The van der Waals surface area contributed by atoms with E-state index in [1.165, 1.54) is 19.2 Å². The molecule has 0 saturated carbocycles. The zero-order valence-electron chi connectivity index (χ0n) is 16.8. The van der Waals surface area contributed by atoms with Crippen molar-refractivity contribution in [2.24, 2.45) is 0 Å². The highest BCUT2D eigenvalue weighted by atomic mass is 35.5. The van der Waals surface area contributed by atoms with Crippen LogP contribution in [0, 0.1) is 0 Å². The van der Waals surface area contributed by atoms with Crippen LogP contribution < -0.4 is 5.56 Å². The molecule has 0 saturated heterocycles. The summed E-state index contributed by atoms with van der Waals surface area (Å²) in [4.78, 5) is 16.8. The Balaban J connectivity index is 1.97. The van der Waals surface area contributed by atoms with Gasteiger partial charge in [-0.05, 0) is 42.0 Å². The summed E-state index contributed by atoms with van der Waals surface area (Å²) in [6, 6.07) is 10.4. The molecule has 0 amide bonds. The minimum Gasteiger partial charge on any atom is -0.267 e. The van der Waals surface area contributed by atoms with E-state index < -0.39 is 27.1 Å². The Morgan fingerprint density at radius 1 is 1.03 bits per heavy atom. The van der Waals surface area contributed by atoms with Gasteiger partial charge in [0.05, 0.1) is 16.7 Å². The summed E-state index contributed by atoms with van der Waals surface area (Å²) < 4.78 is 65.6. The Labute approximate surface area is 190 Å². The third kappa shape index (κ3) is 4.33. The fourth-order valence-electron chi connectivity index (χ4n) is 3.14. The molecule has 0 bridgehead atoms. The van der Waals surface area contributed by atoms with Crippen LogP contribution in [-0.4, -0.2) is 34.1 Å². The molecular formula is C21H14ClF3N4O3S. The summed E-state index contributed by atoms with van der Waals surface area (Å²) in [6.07, 6.45) is -3.35. The molecule has 0 aliphatic heterocycles. The van der Waals surface area contributed by atoms with Crippen molar-refractivity contribution in [1.82, 2.24) is 20.0 Å². The molecule has 0 unspecified atom stereocenters. The number of halogens is 4. The van der Waals surface area contributed by atoms with Crippen molar-refractivity contribution in [3.63, 3.8) is 0 Å². The Morgan fingerprint density at radius 3 is 2.36 bits per heavy atom. The molecule has 0 fully saturated rings. The fraction of sp³-hybridized carbons (Fsp3) is 0.143. The number of alkyl halides is 3. The normalized spacial score (nSPS) is 12.3. The van der Waals surface area contributed by atoms with Gasteiger partial charge in [0.2, 0.25) is 0 Å². The second kappa shape index (κ2) is 8.23. The topological polar surface area (TPSA) is 94.8 Å². The van der Waals surface area contributed by atoms with Crippen LogP contribution >= 0.6 is 11.6 Å². The Bertz CT molecular complexity index is 1540.